The number of nitrogen functional groups attached to an aromatic ring is 1. The molecule has 0 bridgehead atoms. The van der Waals surface area contributed by atoms with Crippen LogP contribution in [0.25, 0.3) is 0 Å². The van der Waals surface area contributed by atoms with Crippen LogP contribution >= 0.6 is 0 Å². The summed E-state index contributed by atoms with van der Waals surface area (Å²) in [7, 11) is 0. The number of hydrogen-bond acceptors (Lipinski definition) is 4. The number of aliphatic hydroxyl groups is 1. The third-order valence-corrected chi connectivity index (χ3v) is 2.87. The van der Waals surface area contributed by atoms with Gasteiger partial charge in [0.05, 0.1) is 0 Å². The molecular weight excluding hydrogens is 246 g/mol. The van der Waals surface area contributed by atoms with Crippen molar-refractivity contribution in [2.24, 2.45) is 5.41 Å². The Morgan fingerprint density at radius 3 is 2.79 bits per heavy atom. The van der Waals surface area contributed by atoms with Crippen LogP contribution < -0.4 is 16.6 Å². The minimum absolute atomic E-state index is 0.0565. The van der Waals surface area contributed by atoms with Gasteiger partial charge >= 0.3 is 0 Å². The van der Waals surface area contributed by atoms with Gasteiger partial charge in [-0.05, 0) is 17.9 Å². The summed E-state index contributed by atoms with van der Waals surface area (Å²) >= 11 is 0. The highest BCUT2D eigenvalue weighted by Crippen LogP contribution is 2.17. The third kappa shape index (κ3) is 5.13. The molecule has 1 aromatic rings. The van der Waals surface area contributed by atoms with Gasteiger partial charge in [-0.1, -0.05) is 13.8 Å². The standard InChI is InChI=1S/C13H21N3O3/c1-13(2,5-6-17)9-15-11(18)8-16-7-10(14)3-4-12(16)19/h3-4,7,17H,5-6,8-9,14H2,1-2H3,(H,15,18). The molecule has 1 rings (SSSR count). The molecule has 0 saturated heterocycles. The lowest BCUT2D eigenvalue weighted by atomic mass is 9.90. The van der Waals surface area contributed by atoms with Gasteiger partial charge in [0.15, 0.2) is 0 Å². The van der Waals surface area contributed by atoms with E-state index in [1.54, 1.807) is 0 Å². The summed E-state index contributed by atoms with van der Waals surface area (Å²) in [5.41, 5.74) is 5.56. The smallest absolute Gasteiger partial charge is 0.251 e. The molecule has 0 unspecified atom stereocenters. The van der Waals surface area contributed by atoms with Crippen LogP contribution in [0.2, 0.25) is 0 Å². The van der Waals surface area contributed by atoms with Gasteiger partial charge in [-0.2, -0.15) is 0 Å². The quantitative estimate of drug-likeness (QED) is 0.673. The number of rotatable bonds is 6. The molecule has 6 nitrogen and oxygen atoms in total. The number of nitrogens with one attached hydrogen (secondary N) is 1. The Morgan fingerprint density at radius 2 is 2.16 bits per heavy atom. The van der Waals surface area contributed by atoms with Crippen LogP contribution in [0.15, 0.2) is 23.1 Å². The largest absolute Gasteiger partial charge is 0.398 e. The van der Waals surface area contributed by atoms with E-state index < -0.39 is 0 Å². The Bertz CT molecular complexity index is 494. The molecule has 1 aromatic heterocycles. The molecule has 0 atom stereocenters. The van der Waals surface area contributed by atoms with Crippen LogP contribution in [-0.4, -0.2) is 28.7 Å². The molecule has 106 valence electrons. The lowest BCUT2D eigenvalue weighted by Gasteiger charge is -2.23. The van der Waals surface area contributed by atoms with E-state index in [1.165, 1.54) is 22.9 Å². The van der Waals surface area contributed by atoms with Crippen LogP contribution in [-0.2, 0) is 11.3 Å². The van der Waals surface area contributed by atoms with Gasteiger partial charge in [0, 0.05) is 31.1 Å². The normalized spacial score (nSPS) is 11.3. The summed E-state index contributed by atoms with van der Waals surface area (Å²) in [6.45, 7) is 4.38. The minimum Gasteiger partial charge on any atom is -0.398 e. The van der Waals surface area contributed by atoms with Gasteiger partial charge < -0.3 is 20.7 Å². The van der Waals surface area contributed by atoms with E-state index in [2.05, 4.69) is 5.32 Å². The number of anilines is 1. The number of nitrogens with two attached hydrogens (primary N) is 1. The fourth-order valence-electron chi connectivity index (χ4n) is 1.61. The molecule has 19 heavy (non-hydrogen) atoms. The molecule has 0 aliphatic heterocycles. The van der Waals surface area contributed by atoms with Gasteiger partial charge in [-0.3, -0.25) is 9.59 Å². The summed E-state index contributed by atoms with van der Waals surface area (Å²) in [6.07, 6.45) is 2.05. The van der Waals surface area contributed by atoms with Crippen molar-refractivity contribution < 1.29 is 9.90 Å². The van der Waals surface area contributed by atoms with Crippen LogP contribution in [0.5, 0.6) is 0 Å². The van der Waals surface area contributed by atoms with Crippen molar-refractivity contribution in [1.29, 1.82) is 0 Å². The van der Waals surface area contributed by atoms with Crippen LogP contribution in [0, 0.1) is 5.41 Å². The molecule has 0 aliphatic carbocycles. The third-order valence-electron chi connectivity index (χ3n) is 2.87. The lowest BCUT2D eigenvalue weighted by molar-refractivity contribution is -0.122. The SMILES string of the molecule is CC(C)(CCO)CNC(=O)Cn1cc(N)ccc1=O. The molecule has 0 aliphatic rings. The highest BCUT2D eigenvalue weighted by atomic mass is 16.3. The fraction of sp³-hybridized carbons (Fsp3) is 0.538. The number of carbonyl (C=O) groups excluding carboxylic acids is 1. The first-order valence-corrected chi connectivity index (χ1v) is 6.17. The maximum atomic E-state index is 11.8. The number of amides is 1. The highest BCUT2D eigenvalue weighted by Gasteiger charge is 2.18. The molecule has 6 heteroatoms. The number of pyridine rings is 1. The molecule has 0 spiro atoms. The highest BCUT2D eigenvalue weighted by molar-refractivity contribution is 5.75. The van der Waals surface area contributed by atoms with Crippen molar-refractivity contribution in [2.75, 3.05) is 18.9 Å². The van der Waals surface area contributed by atoms with E-state index in [-0.39, 0.29) is 30.0 Å². The Morgan fingerprint density at radius 1 is 1.47 bits per heavy atom. The second-order valence-electron chi connectivity index (χ2n) is 5.34. The Kier molecular flexibility index (Phi) is 5.11. The topological polar surface area (TPSA) is 97.3 Å². The zero-order valence-electron chi connectivity index (χ0n) is 11.3. The fourth-order valence-corrected chi connectivity index (χ4v) is 1.61. The summed E-state index contributed by atoms with van der Waals surface area (Å²) in [5, 5.41) is 11.6. The Hall–Kier alpha value is -1.82. The monoisotopic (exact) mass is 267 g/mol. The van der Waals surface area contributed by atoms with E-state index in [0.29, 0.717) is 18.7 Å². The Labute approximate surface area is 112 Å². The van der Waals surface area contributed by atoms with E-state index >= 15 is 0 Å². The average molecular weight is 267 g/mol. The van der Waals surface area contributed by atoms with Crippen molar-refractivity contribution in [3.05, 3.63) is 28.7 Å². The number of carbonyl (C=O) groups is 1. The molecule has 4 N–H and O–H groups in total. The summed E-state index contributed by atoms with van der Waals surface area (Å²) < 4.78 is 1.27. The second-order valence-corrected chi connectivity index (χ2v) is 5.34. The van der Waals surface area contributed by atoms with Crippen LogP contribution in [0.1, 0.15) is 20.3 Å². The van der Waals surface area contributed by atoms with Crippen LogP contribution in [0.4, 0.5) is 5.69 Å². The van der Waals surface area contributed by atoms with E-state index in [4.69, 9.17) is 10.8 Å². The maximum absolute atomic E-state index is 11.8. The minimum atomic E-state index is -0.265. The number of aromatic nitrogens is 1. The van der Waals surface area contributed by atoms with Gasteiger partial charge in [-0.25, -0.2) is 0 Å². The molecule has 0 fully saturated rings. The predicted octanol–water partition coefficient (Wildman–Crippen LogP) is -0.0447. The first kappa shape index (κ1) is 15.2. The van der Waals surface area contributed by atoms with Gasteiger partial charge in [0.1, 0.15) is 6.54 Å². The van der Waals surface area contributed by atoms with Crippen molar-refractivity contribution >= 4 is 11.6 Å². The lowest BCUT2D eigenvalue weighted by Crippen LogP contribution is -2.38. The second kappa shape index (κ2) is 6.38. The zero-order valence-corrected chi connectivity index (χ0v) is 11.3. The zero-order chi connectivity index (χ0) is 14.5. The molecule has 0 aromatic carbocycles. The number of hydrogen-bond donors (Lipinski definition) is 3. The van der Waals surface area contributed by atoms with E-state index in [0.717, 1.165) is 0 Å². The molecular formula is C13H21N3O3. The first-order valence-electron chi connectivity index (χ1n) is 6.17. The van der Waals surface area contributed by atoms with Gasteiger partial charge in [0.25, 0.3) is 5.56 Å². The summed E-state index contributed by atoms with van der Waals surface area (Å²) in [4.78, 5) is 23.3. The van der Waals surface area contributed by atoms with Crippen LogP contribution in [0.3, 0.4) is 0 Å². The van der Waals surface area contributed by atoms with Gasteiger partial charge in [0.2, 0.25) is 5.91 Å². The van der Waals surface area contributed by atoms with Crippen molar-refractivity contribution in [1.82, 2.24) is 9.88 Å². The maximum Gasteiger partial charge on any atom is 0.251 e. The molecule has 0 saturated carbocycles. The van der Waals surface area contributed by atoms with Crippen molar-refractivity contribution in [2.45, 2.75) is 26.8 Å². The van der Waals surface area contributed by atoms with Crippen molar-refractivity contribution in [3.63, 3.8) is 0 Å². The summed E-state index contributed by atoms with van der Waals surface area (Å²) in [6, 6.07) is 2.83. The Balaban J connectivity index is 2.56. The van der Waals surface area contributed by atoms with E-state index in [1.807, 2.05) is 13.8 Å². The molecule has 0 radical (unpaired) electrons. The molecule has 1 amide bonds. The number of aliphatic hydroxyl groups excluding tert-OH is 1. The van der Waals surface area contributed by atoms with E-state index in [9.17, 15) is 9.59 Å². The summed E-state index contributed by atoms with van der Waals surface area (Å²) in [5.74, 6) is -0.251. The van der Waals surface area contributed by atoms with Gasteiger partial charge in [-0.15, -0.1) is 0 Å². The van der Waals surface area contributed by atoms with Crippen molar-refractivity contribution in [3.8, 4) is 0 Å². The molecule has 1 heterocycles. The first-order chi connectivity index (χ1) is 8.84. The number of nitrogens with zero attached hydrogens (tertiary/aromatic N) is 1. The average Bonchev–Trinajstić information content (AvgIpc) is 2.31. The predicted molar refractivity (Wildman–Crippen MR) is 73.6 cm³/mol.